The lowest BCUT2D eigenvalue weighted by atomic mass is 9.93. The molecular weight excluding hydrogens is 739 g/mol. The topological polar surface area (TPSA) is 57.0 Å². The quantitative estimate of drug-likeness (QED) is 0.138. The minimum Gasteiger partial charge on any atom is -0.399 e. The SMILES string of the molecule is C/C=C(\N)c1ccc2c3ccccc3c3ccccc3c2c1.Cc1ccccc1-c1ccccc1.Nn1c2ccc(-c3ccccc3)cc2c2cc(-c3ccccc3)ccc21. The van der Waals surface area contributed by atoms with Gasteiger partial charge in [0.15, 0.2) is 0 Å². The van der Waals surface area contributed by atoms with Crippen molar-refractivity contribution < 1.29 is 0 Å². The summed E-state index contributed by atoms with van der Waals surface area (Å²) in [6.45, 7) is 4.11. The number of benzene rings is 10. The highest BCUT2D eigenvalue weighted by atomic mass is 15.3. The summed E-state index contributed by atoms with van der Waals surface area (Å²) in [5, 5.41) is 10.1. The maximum absolute atomic E-state index is 6.37. The van der Waals surface area contributed by atoms with Crippen molar-refractivity contribution in [2.24, 2.45) is 5.73 Å². The number of rotatable bonds is 4. The molecule has 0 spiro atoms. The van der Waals surface area contributed by atoms with Crippen LogP contribution in [0, 0.1) is 6.92 Å². The number of nitrogens with two attached hydrogens (primary N) is 2. The fraction of sp³-hybridized carbons (Fsp3) is 0.0345. The molecule has 3 heteroatoms. The van der Waals surface area contributed by atoms with E-state index in [4.69, 9.17) is 11.6 Å². The summed E-state index contributed by atoms with van der Waals surface area (Å²) in [5.41, 5.74) is 18.9. The molecule has 1 heterocycles. The normalized spacial score (nSPS) is 11.3. The first-order chi connectivity index (χ1) is 30.0. The van der Waals surface area contributed by atoms with E-state index in [2.05, 4.69) is 207 Å². The lowest BCUT2D eigenvalue weighted by Crippen LogP contribution is -2.06. The van der Waals surface area contributed by atoms with E-state index in [9.17, 15) is 0 Å². The minimum absolute atomic E-state index is 0.819. The smallest absolute Gasteiger partial charge is 0.0704 e. The minimum atomic E-state index is 0.819. The van der Waals surface area contributed by atoms with E-state index in [1.807, 2.05) is 31.2 Å². The fourth-order valence-electron chi connectivity index (χ4n) is 8.44. The summed E-state index contributed by atoms with van der Waals surface area (Å²) in [5.74, 6) is 6.37. The van der Waals surface area contributed by atoms with Crippen LogP contribution in [0.2, 0.25) is 0 Å². The van der Waals surface area contributed by atoms with E-state index in [0.717, 1.165) is 22.3 Å². The van der Waals surface area contributed by atoms with E-state index < -0.39 is 0 Å². The van der Waals surface area contributed by atoms with Crippen molar-refractivity contribution in [1.82, 2.24) is 4.68 Å². The van der Waals surface area contributed by atoms with Gasteiger partial charge in [-0.2, -0.15) is 0 Å². The predicted molar refractivity (Wildman–Crippen MR) is 264 cm³/mol. The monoisotopic (exact) mass is 785 g/mol. The van der Waals surface area contributed by atoms with Gasteiger partial charge in [-0.05, 0) is 121 Å². The highest BCUT2D eigenvalue weighted by molar-refractivity contribution is 6.25. The molecular formula is C58H47N3. The third-order valence-corrected chi connectivity index (χ3v) is 11.6. The van der Waals surface area contributed by atoms with Gasteiger partial charge >= 0.3 is 0 Å². The molecule has 1 aromatic heterocycles. The Morgan fingerprint density at radius 2 is 0.787 bits per heavy atom. The van der Waals surface area contributed by atoms with E-state index in [0.29, 0.717) is 0 Å². The maximum atomic E-state index is 6.37. The van der Waals surface area contributed by atoms with Gasteiger partial charge in [-0.25, -0.2) is 0 Å². The number of allylic oxidation sites excluding steroid dienone is 1. The first kappa shape index (κ1) is 38.6. The van der Waals surface area contributed by atoms with Crippen LogP contribution in [0.3, 0.4) is 0 Å². The van der Waals surface area contributed by atoms with Gasteiger partial charge in [-0.15, -0.1) is 0 Å². The average molecular weight is 786 g/mol. The van der Waals surface area contributed by atoms with Crippen LogP contribution in [0.25, 0.3) is 93.2 Å². The van der Waals surface area contributed by atoms with Crippen molar-refractivity contribution in [3.8, 4) is 33.4 Å². The molecule has 0 saturated carbocycles. The predicted octanol–water partition coefficient (Wildman–Crippen LogP) is 15.0. The molecule has 0 amide bonds. The van der Waals surface area contributed by atoms with Crippen molar-refractivity contribution in [2.45, 2.75) is 13.8 Å². The Balaban J connectivity index is 0.000000123. The largest absolute Gasteiger partial charge is 0.399 e. The van der Waals surface area contributed by atoms with E-state index in [1.54, 1.807) is 4.68 Å². The number of aryl methyl sites for hydroxylation is 1. The average Bonchev–Trinajstić information content (AvgIpc) is 3.62. The summed E-state index contributed by atoms with van der Waals surface area (Å²) in [7, 11) is 0. The summed E-state index contributed by atoms with van der Waals surface area (Å²) in [6.07, 6.45) is 1.95. The van der Waals surface area contributed by atoms with Crippen molar-refractivity contribution in [2.75, 3.05) is 5.84 Å². The molecule has 0 saturated heterocycles. The zero-order valence-electron chi connectivity index (χ0n) is 34.5. The van der Waals surface area contributed by atoms with Gasteiger partial charge in [0.2, 0.25) is 0 Å². The van der Waals surface area contributed by atoms with Crippen LogP contribution in [-0.4, -0.2) is 4.68 Å². The molecule has 0 aliphatic rings. The van der Waals surface area contributed by atoms with Gasteiger partial charge in [0.25, 0.3) is 0 Å². The molecule has 0 aliphatic carbocycles. The lowest BCUT2D eigenvalue weighted by Gasteiger charge is -2.11. The van der Waals surface area contributed by atoms with Crippen LogP contribution in [0.5, 0.6) is 0 Å². The molecule has 0 fully saturated rings. The number of nitrogens with zero attached hydrogens (tertiary/aromatic N) is 1. The summed E-state index contributed by atoms with van der Waals surface area (Å²) >= 11 is 0. The number of nitrogen functional groups attached to an aromatic ring is 1. The Labute approximate surface area is 357 Å². The Morgan fingerprint density at radius 3 is 1.26 bits per heavy atom. The molecule has 4 N–H and O–H groups in total. The molecule has 11 aromatic rings. The van der Waals surface area contributed by atoms with Crippen LogP contribution < -0.4 is 11.6 Å². The van der Waals surface area contributed by atoms with Crippen LogP contribution in [0.4, 0.5) is 0 Å². The molecule has 0 bridgehead atoms. The number of hydrogen-bond acceptors (Lipinski definition) is 2. The lowest BCUT2D eigenvalue weighted by molar-refractivity contribution is 1.12. The fourth-order valence-corrected chi connectivity index (χ4v) is 8.44. The van der Waals surface area contributed by atoms with Gasteiger partial charge < -0.3 is 11.6 Å². The molecule has 3 nitrogen and oxygen atoms in total. The van der Waals surface area contributed by atoms with Gasteiger partial charge in [0, 0.05) is 16.5 Å². The molecule has 294 valence electrons. The molecule has 0 atom stereocenters. The van der Waals surface area contributed by atoms with Gasteiger partial charge in [0.1, 0.15) is 0 Å². The zero-order valence-corrected chi connectivity index (χ0v) is 34.5. The summed E-state index contributed by atoms with van der Waals surface area (Å²) in [6, 6.07) is 76.5. The Kier molecular flexibility index (Phi) is 10.9. The summed E-state index contributed by atoms with van der Waals surface area (Å²) in [4.78, 5) is 0. The number of aromatic nitrogens is 1. The Morgan fingerprint density at radius 1 is 0.377 bits per heavy atom. The summed E-state index contributed by atoms with van der Waals surface area (Å²) < 4.78 is 1.79. The van der Waals surface area contributed by atoms with Crippen molar-refractivity contribution in [1.29, 1.82) is 0 Å². The molecule has 0 unspecified atom stereocenters. The van der Waals surface area contributed by atoms with Gasteiger partial charge in [-0.3, -0.25) is 4.68 Å². The maximum Gasteiger partial charge on any atom is 0.0704 e. The third-order valence-electron chi connectivity index (χ3n) is 11.6. The van der Waals surface area contributed by atoms with E-state index >= 15 is 0 Å². The second kappa shape index (κ2) is 17.1. The van der Waals surface area contributed by atoms with Crippen LogP contribution >= 0.6 is 0 Å². The first-order valence-corrected chi connectivity index (χ1v) is 20.8. The first-order valence-electron chi connectivity index (χ1n) is 20.8. The Bertz CT molecular complexity index is 3190. The number of hydrogen-bond donors (Lipinski definition) is 2. The van der Waals surface area contributed by atoms with Gasteiger partial charge in [-0.1, -0.05) is 194 Å². The molecule has 0 radical (unpaired) electrons. The van der Waals surface area contributed by atoms with Crippen molar-refractivity contribution >= 4 is 59.8 Å². The molecule has 11 rings (SSSR count). The third kappa shape index (κ3) is 7.73. The highest BCUT2D eigenvalue weighted by Crippen LogP contribution is 2.37. The molecule has 10 aromatic carbocycles. The second-order valence-corrected chi connectivity index (χ2v) is 15.3. The molecule has 61 heavy (non-hydrogen) atoms. The van der Waals surface area contributed by atoms with Crippen LogP contribution in [0.1, 0.15) is 18.1 Å². The standard InChI is InChI=1S/C24H18N2.C21H17N.C13H12/c25-26-23-13-11-19(17-7-3-1-4-8-17)15-21(23)22-16-20(12-14-24(22)26)18-9-5-2-6-10-18;1-2-21(22)14-11-12-19-17-9-4-3-7-15(17)16-8-5-6-10-18(16)20(19)13-14;1-11-7-5-6-10-13(11)12-8-3-2-4-9-12/h1-16H,25H2;2-13H,22H2,1H3;2-10H,1H3/b;21-2-;. The van der Waals surface area contributed by atoms with Gasteiger partial charge in [0.05, 0.1) is 11.0 Å². The molecule has 0 aliphatic heterocycles. The van der Waals surface area contributed by atoms with Crippen LogP contribution in [-0.2, 0) is 0 Å². The van der Waals surface area contributed by atoms with E-state index in [-0.39, 0.29) is 0 Å². The second-order valence-electron chi connectivity index (χ2n) is 15.3. The Hall–Kier alpha value is -7.88. The highest BCUT2D eigenvalue weighted by Gasteiger charge is 2.12. The number of fused-ring (bicyclic) bond motifs is 9. The van der Waals surface area contributed by atoms with E-state index in [1.165, 1.54) is 82.0 Å². The van der Waals surface area contributed by atoms with Crippen molar-refractivity contribution in [3.05, 3.63) is 236 Å². The van der Waals surface area contributed by atoms with Crippen LogP contribution in [0.15, 0.2) is 224 Å². The van der Waals surface area contributed by atoms with Crippen molar-refractivity contribution in [3.63, 3.8) is 0 Å². The zero-order chi connectivity index (χ0) is 41.7.